The minimum Gasteiger partial charge on any atom is -0.383 e. The highest BCUT2D eigenvalue weighted by Gasteiger charge is 2.25. The highest BCUT2D eigenvalue weighted by Crippen LogP contribution is 2.34. The Kier molecular flexibility index (Phi) is 4.69. The quantitative estimate of drug-likeness (QED) is 0.801. The third kappa shape index (κ3) is 3.27. The van der Waals surface area contributed by atoms with Crippen LogP contribution in [0.2, 0.25) is 5.02 Å². The molecule has 1 heterocycles. The molecule has 0 spiro atoms. The van der Waals surface area contributed by atoms with Crippen molar-refractivity contribution in [2.75, 3.05) is 5.73 Å². The standard InChI is InChI=1S/C16H21BrClN3/c1-5-8-21-14(19)13(20-15(21)16(2,3)4)10-6-7-12(18)11(17)9-10/h6-7,9H,5,8,19H2,1-4H3. The van der Waals surface area contributed by atoms with Gasteiger partial charge in [-0.25, -0.2) is 4.98 Å². The van der Waals surface area contributed by atoms with Gasteiger partial charge in [-0.05, 0) is 34.5 Å². The number of anilines is 1. The maximum atomic E-state index is 6.36. The van der Waals surface area contributed by atoms with Crippen LogP contribution in [0.1, 0.15) is 39.9 Å². The summed E-state index contributed by atoms with van der Waals surface area (Å²) in [5, 5.41) is 0.682. The van der Waals surface area contributed by atoms with Gasteiger partial charge in [-0.1, -0.05) is 45.4 Å². The van der Waals surface area contributed by atoms with Gasteiger partial charge in [-0.3, -0.25) is 0 Å². The first-order chi connectivity index (χ1) is 9.75. The Bertz CT molecular complexity index is 656. The fourth-order valence-electron chi connectivity index (χ4n) is 2.34. The number of nitrogen functional groups attached to an aromatic ring is 1. The lowest BCUT2D eigenvalue weighted by Gasteiger charge is -2.19. The van der Waals surface area contributed by atoms with Crippen LogP contribution in [0.5, 0.6) is 0 Å². The van der Waals surface area contributed by atoms with E-state index < -0.39 is 0 Å². The minimum atomic E-state index is -0.0504. The second-order valence-corrected chi connectivity index (χ2v) is 7.46. The summed E-state index contributed by atoms with van der Waals surface area (Å²) in [6, 6.07) is 5.77. The van der Waals surface area contributed by atoms with Crippen molar-refractivity contribution in [3.05, 3.63) is 33.5 Å². The first-order valence-corrected chi connectivity index (χ1v) is 8.24. The van der Waals surface area contributed by atoms with Crippen LogP contribution in [0.4, 0.5) is 5.82 Å². The number of nitrogens with zero attached hydrogens (tertiary/aromatic N) is 2. The first kappa shape index (κ1) is 16.4. The van der Waals surface area contributed by atoms with E-state index in [0.717, 1.165) is 40.3 Å². The summed E-state index contributed by atoms with van der Waals surface area (Å²) in [7, 11) is 0. The molecule has 0 amide bonds. The fraction of sp³-hybridized carbons (Fsp3) is 0.438. The molecular formula is C16H21BrClN3. The smallest absolute Gasteiger partial charge is 0.131 e. The molecule has 114 valence electrons. The second kappa shape index (κ2) is 6.01. The molecular weight excluding hydrogens is 350 g/mol. The molecule has 1 aromatic heterocycles. The Morgan fingerprint density at radius 2 is 2.00 bits per heavy atom. The third-order valence-electron chi connectivity index (χ3n) is 3.32. The van der Waals surface area contributed by atoms with Crippen LogP contribution in [-0.2, 0) is 12.0 Å². The minimum absolute atomic E-state index is 0.0504. The van der Waals surface area contributed by atoms with Crippen molar-refractivity contribution in [1.29, 1.82) is 0 Å². The van der Waals surface area contributed by atoms with Crippen LogP contribution in [0.3, 0.4) is 0 Å². The molecule has 3 nitrogen and oxygen atoms in total. The van der Waals surface area contributed by atoms with E-state index in [1.54, 1.807) is 0 Å². The molecule has 0 fully saturated rings. The number of nitrogens with two attached hydrogens (primary N) is 1. The molecule has 0 saturated heterocycles. The number of rotatable bonds is 3. The molecule has 0 aliphatic carbocycles. The Hall–Kier alpha value is -1.00. The fourth-order valence-corrected chi connectivity index (χ4v) is 2.84. The molecule has 0 unspecified atom stereocenters. The van der Waals surface area contributed by atoms with E-state index >= 15 is 0 Å². The molecule has 2 N–H and O–H groups in total. The molecule has 2 aromatic rings. The van der Waals surface area contributed by atoms with E-state index in [9.17, 15) is 0 Å². The predicted molar refractivity (Wildman–Crippen MR) is 93.8 cm³/mol. The Morgan fingerprint density at radius 1 is 1.33 bits per heavy atom. The Morgan fingerprint density at radius 3 is 2.52 bits per heavy atom. The van der Waals surface area contributed by atoms with E-state index in [1.807, 2.05) is 18.2 Å². The zero-order valence-electron chi connectivity index (χ0n) is 12.9. The third-order valence-corrected chi connectivity index (χ3v) is 4.53. The van der Waals surface area contributed by atoms with Crippen molar-refractivity contribution in [3.8, 4) is 11.3 Å². The highest BCUT2D eigenvalue weighted by molar-refractivity contribution is 9.10. The summed E-state index contributed by atoms with van der Waals surface area (Å²) in [5.41, 5.74) is 8.11. The summed E-state index contributed by atoms with van der Waals surface area (Å²) in [6.07, 6.45) is 1.02. The number of hydrogen-bond donors (Lipinski definition) is 1. The van der Waals surface area contributed by atoms with Crippen molar-refractivity contribution in [2.24, 2.45) is 0 Å². The molecule has 0 atom stereocenters. The topological polar surface area (TPSA) is 43.8 Å². The largest absolute Gasteiger partial charge is 0.383 e. The molecule has 5 heteroatoms. The second-order valence-electron chi connectivity index (χ2n) is 6.20. The van der Waals surface area contributed by atoms with Gasteiger partial charge in [0.05, 0.1) is 5.02 Å². The Balaban J connectivity index is 2.61. The lowest BCUT2D eigenvalue weighted by Crippen LogP contribution is -2.19. The summed E-state index contributed by atoms with van der Waals surface area (Å²) in [6.45, 7) is 9.48. The molecule has 0 aliphatic heterocycles. The number of benzene rings is 1. The van der Waals surface area contributed by atoms with Gasteiger partial charge in [-0.15, -0.1) is 0 Å². The van der Waals surface area contributed by atoms with E-state index in [2.05, 4.69) is 48.2 Å². The van der Waals surface area contributed by atoms with Gasteiger partial charge in [0.1, 0.15) is 17.3 Å². The van der Waals surface area contributed by atoms with Crippen LogP contribution in [-0.4, -0.2) is 9.55 Å². The monoisotopic (exact) mass is 369 g/mol. The van der Waals surface area contributed by atoms with Gasteiger partial charge in [0, 0.05) is 22.0 Å². The Labute approximate surface area is 139 Å². The van der Waals surface area contributed by atoms with Gasteiger partial charge in [-0.2, -0.15) is 0 Å². The highest BCUT2D eigenvalue weighted by atomic mass is 79.9. The average molecular weight is 371 g/mol. The molecule has 2 rings (SSSR count). The molecule has 21 heavy (non-hydrogen) atoms. The van der Waals surface area contributed by atoms with Crippen LogP contribution < -0.4 is 5.73 Å². The maximum absolute atomic E-state index is 6.36. The van der Waals surface area contributed by atoms with Crippen molar-refractivity contribution < 1.29 is 0 Å². The van der Waals surface area contributed by atoms with E-state index in [-0.39, 0.29) is 5.41 Å². The lowest BCUT2D eigenvalue weighted by atomic mass is 9.95. The van der Waals surface area contributed by atoms with Gasteiger partial charge in [0.2, 0.25) is 0 Å². The van der Waals surface area contributed by atoms with Gasteiger partial charge >= 0.3 is 0 Å². The van der Waals surface area contributed by atoms with Crippen LogP contribution in [0.15, 0.2) is 22.7 Å². The maximum Gasteiger partial charge on any atom is 0.131 e. The van der Waals surface area contributed by atoms with Crippen molar-refractivity contribution in [1.82, 2.24) is 9.55 Å². The number of aromatic nitrogens is 2. The zero-order valence-corrected chi connectivity index (χ0v) is 15.2. The van der Waals surface area contributed by atoms with E-state index in [0.29, 0.717) is 5.02 Å². The summed E-state index contributed by atoms with van der Waals surface area (Å²) in [5.74, 6) is 1.74. The van der Waals surface area contributed by atoms with Crippen LogP contribution in [0.25, 0.3) is 11.3 Å². The molecule has 1 aromatic carbocycles. The SMILES string of the molecule is CCCn1c(C(C)(C)C)nc(-c2ccc(Cl)c(Br)c2)c1N. The summed E-state index contributed by atoms with van der Waals surface area (Å²) in [4.78, 5) is 4.81. The number of hydrogen-bond acceptors (Lipinski definition) is 2. The molecule has 0 aliphatic rings. The first-order valence-electron chi connectivity index (χ1n) is 7.07. The number of halogens is 2. The van der Waals surface area contributed by atoms with Gasteiger partial charge in [0.15, 0.2) is 0 Å². The molecule has 0 bridgehead atoms. The average Bonchev–Trinajstić information content (AvgIpc) is 2.71. The van der Waals surface area contributed by atoms with Gasteiger partial charge < -0.3 is 10.3 Å². The van der Waals surface area contributed by atoms with Crippen LogP contribution in [0, 0.1) is 0 Å². The summed E-state index contributed by atoms with van der Waals surface area (Å²) >= 11 is 9.52. The van der Waals surface area contributed by atoms with Gasteiger partial charge in [0.25, 0.3) is 0 Å². The molecule has 0 radical (unpaired) electrons. The predicted octanol–water partition coefficient (Wildman–Crippen LogP) is 5.26. The molecule has 0 saturated carbocycles. The lowest BCUT2D eigenvalue weighted by molar-refractivity contribution is 0.498. The van der Waals surface area contributed by atoms with Crippen molar-refractivity contribution in [2.45, 2.75) is 46.1 Å². The summed E-state index contributed by atoms with van der Waals surface area (Å²) < 4.78 is 2.97. The number of imidazole rings is 1. The zero-order chi connectivity index (χ0) is 15.8. The van der Waals surface area contributed by atoms with E-state index in [1.165, 1.54) is 0 Å². The van der Waals surface area contributed by atoms with Crippen LogP contribution >= 0.6 is 27.5 Å². The van der Waals surface area contributed by atoms with E-state index in [4.69, 9.17) is 22.3 Å². The van der Waals surface area contributed by atoms with Crippen molar-refractivity contribution in [3.63, 3.8) is 0 Å². The normalized spacial score (nSPS) is 11.9. The van der Waals surface area contributed by atoms with Crippen molar-refractivity contribution >= 4 is 33.3 Å².